The molecule has 0 aliphatic carbocycles. The van der Waals surface area contributed by atoms with Gasteiger partial charge in [0.05, 0.1) is 6.04 Å². The van der Waals surface area contributed by atoms with Crippen molar-refractivity contribution in [1.29, 1.82) is 0 Å². The van der Waals surface area contributed by atoms with Gasteiger partial charge in [0, 0.05) is 19.6 Å². The Hall–Kier alpha value is -2.40. The predicted molar refractivity (Wildman–Crippen MR) is 90.3 cm³/mol. The average Bonchev–Trinajstić information content (AvgIpc) is 2.62. The van der Waals surface area contributed by atoms with Crippen LogP contribution in [0.5, 0.6) is 5.75 Å². The molecule has 2 aromatic carbocycles. The highest BCUT2D eigenvalue weighted by Gasteiger charge is 2.28. The lowest BCUT2D eigenvalue weighted by Gasteiger charge is -2.39. The van der Waals surface area contributed by atoms with Gasteiger partial charge in [-0.25, -0.2) is 4.39 Å². The van der Waals surface area contributed by atoms with Crippen LogP contribution in [0.1, 0.15) is 11.6 Å². The fourth-order valence-electron chi connectivity index (χ4n) is 2.90. The van der Waals surface area contributed by atoms with Crippen molar-refractivity contribution in [1.82, 2.24) is 9.80 Å². The third-order valence-electron chi connectivity index (χ3n) is 4.36. The summed E-state index contributed by atoms with van der Waals surface area (Å²) in [6.07, 6.45) is 0. The SMILES string of the molecule is CN1CCN(C(=O)COc2ccc(F)cc2)CC1c1ccccc1. The fraction of sp³-hybridized carbons (Fsp3) is 0.316. The molecule has 1 atom stereocenters. The summed E-state index contributed by atoms with van der Waals surface area (Å²) in [6.45, 7) is 2.12. The van der Waals surface area contributed by atoms with Crippen LogP contribution in [0.15, 0.2) is 54.6 Å². The van der Waals surface area contributed by atoms with Crippen molar-refractivity contribution in [3.63, 3.8) is 0 Å². The van der Waals surface area contributed by atoms with E-state index < -0.39 is 0 Å². The summed E-state index contributed by atoms with van der Waals surface area (Å²) >= 11 is 0. The van der Waals surface area contributed by atoms with Gasteiger partial charge < -0.3 is 9.64 Å². The quantitative estimate of drug-likeness (QED) is 0.865. The number of likely N-dealkylation sites (N-methyl/N-ethyl adjacent to an activating group) is 1. The number of nitrogens with zero attached hydrogens (tertiary/aromatic N) is 2. The van der Waals surface area contributed by atoms with Gasteiger partial charge in [0.25, 0.3) is 5.91 Å². The standard InChI is InChI=1S/C19H21FN2O2/c1-21-11-12-22(13-18(21)15-5-3-2-4-6-15)19(23)14-24-17-9-7-16(20)8-10-17/h2-10,18H,11-14H2,1H3. The normalized spacial score (nSPS) is 18.4. The van der Waals surface area contributed by atoms with E-state index in [1.165, 1.54) is 29.8 Å². The first kappa shape index (κ1) is 16.5. The largest absolute Gasteiger partial charge is 0.484 e. The second kappa shape index (κ2) is 7.45. The Balaban J connectivity index is 1.59. The molecule has 0 spiro atoms. The molecule has 24 heavy (non-hydrogen) atoms. The molecule has 126 valence electrons. The first-order chi connectivity index (χ1) is 11.6. The Morgan fingerprint density at radius 3 is 2.54 bits per heavy atom. The van der Waals surface area contributed by atoms with Crippen LogP contribution in [0.25, 0.3) is 0 Å². The minimum absolute atomic E-state index is 0.0309. The lowest BCUT2D eigenvalue weighted by atomic mass is 10.0. The molecule has 3 rings (SSSR count). The number of rotatable bonds is 4. The highest BCUT2D eigenvalue weighted by Crippen LogP contribution is 2.24. The van der Waals surface area contributed by atoms with Gasteiger partial charge in [0.2, 0.25) is 0 Å². The summed E-state index contributed by atoms with van der Waals surface area (Å²) in [4.78, 5) is 16.5. The molecule has 1 fully saturated rings. The number of carbonyl (C=O) groups excluding carboxylic acids is 1. The van der Waals surface area contributed by atoms with Crippen LogP contribution in [-0.4, -0.2) is 49.0 Å². The molecule has 1 aliphatic rings. The van der Waals surface area contributed by atoms with Gasteiger partial charge in [0.1, 0.15) is 11.6 Å². The van der Waals surface area contributed by atoms with E-state index in [4.69, 9.17) is 4.74 Å². The average molecular weight is 328 g/mol. The lowest BCUT2D eigenvalue weighted by molar-refractivity contribution is -0.136. The van der Waals surface area contributed by atoms with Crippen LogP contribution >= 0.6 is 0 Å². The number of carbonyl (C=O) groups is 1. The summed E-state index contributed by atoms with van der Waals surface area (Å²) in [5.41, 5.74) is 1.21. The van der Waals surface area contributed by atoms with Crippen molar-refractivity contribution in [3.8, 4) is 5.75 Å². The Morgan fingerprint density at radius 1 is 1.12 bits per heavy atom. The van der Waals surface area contributed by atoms with Crippen molar-refractivity contribution in [2.45, 2.75) is 6.04 Å². The number of hydrogen-bond acceptors (Lipinski definition) is 3. The number of hydrogen-bond donors (Lipinski definition) is 0. The van der Waals surface area contributed by atoms with E-state index in [1.54, 1.807) is 0 Å². The molecule has 1 aliphatic heterocycles. The molecule has 0 bridgehead atoms. The van der Waals surface area contributed by atoms with E-state index >= 15 is 0 Å². The van der Waals surface area contributed by atoms with Crippen molar-refractivity contribution in [3.05, 3.63) is 66.0 Å². The van der Waals surface area contributed by atoms with E-state index in [0.717, 1.165) is 6.54 Å². The molecule has 0 saturated carbocycles. The van der Waals surface area contributed by atoms with Gasteiger partial charge in [-0.1, -0.05) is 30.3 Å². The molecular weight excluding hydrogens is 307 g/mol. The Kier molecular flexibility index (Phi) is 5.11. The maximum atomic E-state index is 12.9. The Labute approximate surface area is 141 Å². The van der Waals surface area contributed by atoms with Crippen molar-refractivity contribution in [2.24, 2.45) is 0 Å². The minimum atomic E-state index is -0.321. The van der Waals surface area contributed by atoms with Gasteiger partial charge in [-0.15, -0.1) is 0 Å². The molecule has 5 heteroatoms. The van der Waals surface area contributed by atoms with Crippen LogP contribution < -0.4 is 4.74 Å². The second-order valence-electron chi connectivity index (χ2n) is 5.99. The molecule has 1 amide bonds. The highest BCUT2D eigenvalue weighted by atomic mass is 19.1. The molecule has 1 unspecified atom stereocenters. The van der Waals surface area contributed by atoms with Crippen LogP contribution in [0.2, 0.25) is 0 Å². The molecule has 0 N–H and O–H groups in total. The zero-order chi connectivity index (χ0) is 16.9. The molecule has 0 radical (unpaired) electrons. The molecule has 4 nitrogen and oxygen atoms in total. The Bertz CT molecular complexity index is 676. The second-order valence-corrected chi connectivity index (χ2v) is 5.99. The van der Waals surface area contributed by atoms with Gasteiger partial charge in [0.15, 0.2) is 6.61 Å². The van der Waals surface area contributed by atoms with Gasteiger partial charge >= 0.3 is 0 Å². The van der Waals surface area contributed by atoms with Crippen molar-refractivity contribution < 1.29 is 13.9 Å². The van der Waals surface area contributed by atoms with Crippen LogP contribution in [0.4, 0.5) is 4.39 Å². The van der Waals surface area contributed by atoms with Crippen LogP contribution in [-0.2, 0) is 4.79 Å². The van der Waals surface area contributed by atoms with Crippen molar-refractivity contribution in [2.75, 3.05) is 33.3 Å². The van der Waals surface area contributed by atoms with Gasteiger partial charge in [-0.2, -0.15) is 0 Å². The van der Waals surface area contributed by atoms with Gasteiger partial charge in [-0.3, -0.25) is 9.69 Å². The first-order valence-electron chi connectivity index (χ1n) is 8.05. The molecule has 1 heterocycles. The van der Waals surface area contributed by atoms with E-state index in [9.17, 15) is 9.18 Å². The zero-order valence-corrected chi connectivity index (χ0v) is 13.7. The third-order valence-corrected chi connectivity index (χ3v) is 4.36. The number of amides is 1. The molecule has 0 aromatic heterocycles. The maximum absolute atomic E-state index is 12.9. The summed E-state index contributed by atoms with van der Waals surface area (Å²) in [5, 5.41) is 0. The maximum Gasteiger partial charge on any atom is 0.260 e. The number of piperazine rings is 1. The zero-order valence-electron chi connectivity index (χ0n) is 13.7. The topological polar surface area (TPSA) is 32.8 Å². The molecular formula is C19H21FN2O2. The number of ether oxygens (including phenoxy) is 1. The number of benzene rings is 2. The molecule has 1 saturated heterocycles. The monoisotopic (exact) mass is 328 g/mol. The third kappa shape index (κ3) is 3.92. The summed E-state index contributed by atoms with van der Waals surface area (Å²) in [5.74, 6) is 0.130. The van der Waals surface area contributed by atoms with Crippen LogP contribution in [0, 0.1) is 5.82 Å². The van der Waals surface area contributed by atoms with E-state index in [0.29, 0.717) is 18.8 Å². The summed E-state index contributed by atoms with van der Waals surface area (Å²) < 4.78 is 18.4. The van der Waals surface area contributed by atoms with E-state index in [1.807, 2.05) is 23.1 Å². The van der Waals surface area contributed by atoms with Crippen molar-refractivity contribution >= 4 is 5.91 Å². The minimum Gasteiger partial charge on any atom is -0.484 e. The highest BCUT2D eigenvalue weighted by molar-refractivity contribution is 5.78. The van der Waals surface area contributed by atoms with E-state index in [2.05, 4.69) is 24.1 Å². The smallest absolute Gasteiger partial charge is 0.260 e. The van der Waals surface area contributed by atoms with Crippen LogP contribution in [0.3, 0.4) is 0 Å². The fourth-order valence-corrected chi connectivity index (χ4v) is 2.90. The predicted octanol–water partition coefficient (Wildman–Crippen LogP) is 2.72. The van der Waals surface area contributed by atoms with Gasteiger partial charge in [-0.05, 0) is 36.9 Å². The lowest BCUT2D eigenvalue weighted by Crippen LogP contribution is -2.50. The Morgan fingerprint density at radius 2 is 1.83 bits per heavy atom. The molecule has 2 aromatic rings. The van der Waals surface area contributed by atoms with E-state index in [-0.39, 0.29) is 24.4 Å². The summed E-state index contributed by atoms with van der Waals surface area (Å²) in [6, 6.07) is 16.1. The summed E-state index contributed by atoms with van der Waals surface area (Å²) in [7, 11) is 2.08. The number of halogens is 1. The first-order valence-corrected chi connectivity index (χ1v) is 8.05.